The summed E-state index contributed by atoms with van der Waals surface area (Å²) in [7, 11) is 3.81. The van der Waals surface area contributed by atoms with Crippen LogP contribution in [0, 0.1) is 6.92 Å². The predicted octanol–water partition coefficient (Wildman–Crippen LogP) is 3.45. The Morgan fingerprint density at radius 3 is 2.67 bits per heavy atom. The molecule has 1 heterocycles. The number of benzene rings is 1. The molecular weight excluding hydrogens is 314 g/mol. The minimum atomic E-state index is 0.0139. The Bertz CT molecular complexity index is 546. The normalized spacial score (nSPS) is 12.7. The molecule has 0 saturated carbocycles. The topological polar surface area (TPSA) is 29.9 Å². The Balaban J connectivity index is 2.52. The summed E-state index contributed by atoms with van der Waals surface area (Å²) in [4.78, 5) is 0. The van der Waals surface area contributed by atoms with Gasteiger partial charge in [-0.25, -0.2) is 0 Å². The molecule has 5 heteroatoms. The summed E-state index contributed by atoms with van der Waals surface area (Å²) in [5, 5.41) is 8.15. The molecule has 1 unspecified atom stereocenters. The van der Waals surface area contributed by atoms with Gasteiger partial charge in [0, 0.05) is 11.5 Å². The van der Waals surface area contributed by atoms with Crippen LogP contribution in [0.25, 0.3) is 0 Å². The largest absolute Gasteiger partial charge is 0.308 e. The van der Waals surface area contributed by atoms with Crippen molar-refractivity contribution in [2.24, 2.45) is 7.05 Å². The van der Waals surface area contributed by atoms with E-state index in [1.54, 1.807) is 10.9 Å². The van der Waals surface area contributed by atoms with Crippen LogP contribution in [0.2, 0.25) is 5.02 Å². The molecule has 0 bridgehead atoms. The molecule has 0 radical (unpaired) electrons. The molecular formula is C13H15BrClN3. The van der Waals surface area contributed by atoms with E-state index in [1.807, 2.05) is 14.1 Å². The van der Waals surface area contributed by atoms with Gasteiger partial charge in [-0.3, -0.25) is 4.68 Å². The molecule has 18 heavy (non-hydrogen) atoms. The molecule has 96 valence electrons. The van der Waals surface area contributed by atoms with E-state index in [0.29, 0.717) is 5.02 Å². The first-order valence-electron chi connectivity index (χ1n) is 5.65. The van der Waals surface area contributed by atoms with Crippen LogP contribution in [0.15, 0.2) is 28.9 Å². The molecule has 0 aliphatic carbocycles. The second-order valence-electron chi connectivity index (χ2n) is 4.25. The Kier molecular flexibility index (Phi) is 4.10. The zero-order chi connectivity index (χ0) is 13.3. The first kappa shape index (κ1) is 13.6. The van der Waals surface area contributed by atoms with Crippen LogP contribution >= 0.6 is 27.5 Å². The molecule has 2 rings (SSSR count). The van der Waals surface area contributed by atoms with E-state index in [2.05, 4.69) is 51.5 Å². The standard InChI is InChI=1S/C13H15BrClN3/c1-8-4-5-9(10(14)6-8)12(16-2)13-11(15)7-17-18(13)3/h4-7,12,16H,1-3H3. The minimum absolute atomic E-state index is 0.0139. The molecule has 0 aliphatic heterocycles. The van der Waals surface area contributed by atoms with Crippen LogP contribution in [0.5, 0.6) is 0 Å². The zero-order valence-electron chi connectivity index (χ0n) is 10.5. The van der Waals surface area contributed by atoms with Gasteiger partial charge in [0.2, 0.25) is 0 Å². The fourth-order valence-electron chi connectivity index (χ4n) is 2.05. The van der Waals surface area contributed by atoms with Gasteiger partial charge >= 0.3 is 0 Å². The van der Waals surface area contributed by atoms with Gasteiger partial charge in [-0.15, -0.1) is 0 Å². The third-order valence-corrected chi connectivity index (χ3v) is 3.94. The Labute approximate surface area is 120 Å². The lowest BCUT2D eigenvalue weighted by Gasteiger charge is -2.19. The highest BCUT2D eigenvalue weighted by molar-refractivity contribution is 9.10. The van der Waals surface area contributed by atoms with Crippen molar-refractivity contribution in [3.8, 4) is 0 Å². The average Bonchev–Trinajstić information content (AvgIpc) is 2.64. The van der Waals surface area contributed by atoms with Gasteiger partial charge in [0.15, 0.2) is 0 Å². The van der Waals surface area contributed by atoms with Crippen molar-refractivity contribution in [2.45, 2.75) is 13.0 Å². The number of hydrogen-bond acceptors (Lipinski definition) is 2. The fourth-order valence-corrected chi connectivity index (χ4v) is 3.05. The molecule has 1 aromatic carbocycles. The molecule has 0 saturated heterocycles. The number of halogens is 2. The van der Waals surface area contributed by atoms with Gasteiger partial charge in [-0.1, -0.05) is 39.7 Å². The summed E-state index contributed by atoms with van der Waals surface area (Å²) < 4.78 is 2.87. The van der Waals surface area contributed by atoms with Crippen molar-refractivity contribution in [1.29, 1.82) is 0 Å². The van der Waals surface area contributed by atoms with Gasteiger partial charge in [-0.05, 0) is 31.2 Å². The predicted molar refractivity (Wildman–Crippen MR) is 78.0 cm³/mol. The maximum absolute atomic E-state index is 6.21. The fraction of sp³-hybridized carbons (Fsp3) is 0.308. The number of hydrogen-bond donors (Lipinski definition) is 1. The first-order chi connectivity index (χ1) is 8.54. The summed E-state index contributed by atoms with van der Waals surface area (Å²) in [5.74, 6) is 0. The highest BCUT2D eigenvalue weighted by Crippen LogP contribution is 2.32. The van der Waals surface area contributed by atoms with E-state index in [0.717, 1.165) is 15.7 Å². The summed E-state index contributed by atoms with van der Waals surface area (Å²) in [6.07, 6.45) is 1.67. The molecule has 0 aliphatic rings. The van der Waals surface area contributed by atoms with Crippen LogP contribution in [-0.4, -0.2) is 16.8 Å². The SMILES string of the molecule is CNC(c1ccc(C)cc1Br)c1c(Cl)cnn1C. The third-order valence-electron chi connectivity index (χ3n) is 2.97. The number of aromatic nitrogens is 2. The summed E-state index contributed by atoms with van der Waals surface area (Å²) in [6, 6.07) is 6.31. The van der Waals surface area contributed by atoms with Crippen LogP contribution < -0.4 is 5.32 Å². The quantitative estimate of drug-likeness (QED) is 0.935. The number of nitrogens with one attached hydrogen (secondary N) is 1. The van der Waals surface area contributed by atoms with Crippen molar-refractivity contribution in [1.82, 2.24) is 15.1 Å². The Hall–Kier alpha value is -0.840. The highest BCUT2D eigenvalue weighted by atomic mass is 79.9. The Morgan fingerprint density at radius 1 is 1.44 bits per heavy atom. The summed E-state index contributed by atoms with van der Waals surface area (Å²) in [6.45, 7) is 2.07. The van der Waals surface area contributed by atoms with Crippen LogP contribution in [-0.2, 0) is 7.05 Å². The van der Waals surface area contributed by atoms with Crippen LogP contribution in [0.3, 0.4) is 0 Å². The smallest absolute Gasteiger partial charge is 0.0837 e. The molecule has 1 N–H and O–H groups in total. The number of aryl methyl sites for hydroxylation is 2. The lowest BCUT2D eigenvalue weighted by Crippen LogP contribution is -2.21. The van der Waals surface area contributed by atoms with Gasteiger partial charge in [0.25, 0.3) is 0 Å². The number of rotatable bonds is 3. The van der Waals surface area contributed by atoms with E-state index >= 15 is 0 Å². The van der Waals surface area contributed by atoms with Gasteiger partial charge in [-0.2, -0.15) is 5.10 Å². The molecule has 3 nitrogen and oxygen atoms in total. The summed E-state index contributed by atoms with van der Waals surface area (Å²) in [5.41, 5.74) is 3.33. The second-order valence-corrected chi connectivity index (χ2v) is 5.51. The van der Waals surface area contributed by atoms with E-state index in [1.165, 1.54) is 5.56 Å². The molecule has 0 amide bonds. The van der Waals surface area contributed by atoms with Crippen LogP contribution in [0.4, 0.5) is 0 Å². The Morgan fingerprint density at radius 2 is 2.17 bits per heavy atom. The maximum atomic E-state index is 6.21. The number of nitrogens with zero attached hydrogens (tertiary/aromatic N) is 2. The molecule has 1 atom stereocenters. The van der Waals surface area contributed by atoms with Crippen molar-refractivity contribution in [3.05, 3.63) is 50.7 Å². The molecule has 2 aromatic rings. The van der Waals surface area contributed by atoms with E-state index < -0.39 is 0 Å². The van der Waals surface area contributed by atoms with Gasteiger partial charge in [0.1, 0.15) is 0 Å². The van der Waals surface area contributed by atoms with Crippen molar-refractivity contribution >= 4 is 27.5 Å². The van der Waals surface area contributed by atoms with E-state index in [-0.39, 0.29) is 6.04 Å². The van der Waals surface area contributed by atoms with Crippen LogP contribution in [0.1, 0.15) is 22.9 Å². The average molecular weight is 329 g/mol. The summed E-state index contributed by atoms with van der Waals surface area (Å²) >= 11 is 9.82. The first-order valence-corrected chi connectivity index (χ1v) is 6.82. The van der Waals surface area contributed by atoms with Crippen molar-refractivity contribution < 1.29 is 0 Å². The lowest BCUT2D eigenvalue weighted by molar-refractivity contribution is 0.604. The third kappa shape index (κ3) is 2.46. The minimum Gasteiger partial charge on any atom is -0.308 e. The monoisotopic (exact) mass is 327 g/mol. The second kappa shape index (κ2) is 5.43. The van der Waals surface area contributed by atoms with Crippen molar-refractivity contribution in [3.63, 3.8) is 0 Å². The van der Waals surface area contributed by atoms with E-state index in [9.17, 15) is 0 Å². The molecule has 1 aromatic heterocycles. The van der Waals surface area contributed by atoms with Gasteiger partial charge < -0.3 is 5.32 Å². The highest BCUT2D eigenvalue weighted by Gasteiger charge is 2.21. The lowest BCUT2D eigenvalue weighted by atomic mass is 10.0. The van der Waals surface area contributed by atoms with Crippen molar-refractivity contribution in [2.75, 3.05) is 7.05 Å². The molecule has 0 fully saturated rings. The zero-order valence-corrected chi connectivity index (χ0v) is 12.9. The molecule has 0 spiro atoms. The van der Waals surface area contributed by atoms with Gasteiger partial charge in [0.05, 0.1) is 23.0 Å². The maximum Gasteiger partial charge on any atom is 0.0837 e. The van der Waals surface area contributed by atoms with E-state index in [4.69, 9.17) is 11.6 Å².